The molecule has 3 heteroatoms. The maximum absolute atomic E-state index is 7.91. The molecule has 0 heterocycles. The van der Waals surface area contributed by atoms with Crippen molar-refractivity contribution in [2.75, 3.05) is 13.2 Å². The van der Waals surface area contributed by atoms with E-state index in [1.807, 2.05) is 0 Å². The van der Waals surface area contributed by atoms with Crippen molar-refractivity contribution in [2.45, 2.75) is 6.42 Å². The molecule has 0 saturated carbocycles. The Hall–Kier alpha value is 0.920. The van der Waals surface area contributed by atoms with Gasteiger partial charge in [0.2, 0.25) is 0 Å². The van der Waals surface area contributed by atoms with Gasteiger partial charge in [-0.1, -0.05) is 0 Å². The van der Waals surface area contributed by atoms with Crippen LogP contribution in [0.3, 0.4) is 0 Å². The average molecular weight is 100 g/mol. The fourth-order valence-electron chi connectivity index (χ4n) is 0.0707. The van der Waals surface area contributed by atoms with Crippen molar-refractivity contribution in [3.05, 3.63) is 0 Å². The SMILES string of the molecule is OCCCO.[H-].[Na+]. The van der Waals surface area contributed by atoms with E-state index in [9.17, 15) is 0 Å². The third-order valence-electron chi connectivity index (χ3n) is 0.316. The van der Waals surface area contributed by atoms with E-state index in [2.05, 4.69) is 0 Å². The molecular weight excluding hydrogens is 91.0 g/mol. The summed E-state index contributed by atoms with van der Waals surface area (Å²) in [5, 5.41) is 15.8. The Morgan fingerprint density at radius 2 is 1.50 bits per heavy atom. The van der Waals surface area contributed by atoms with Crippen LogP contribution in [0, 0.1) is 0 Å². The van der Waals surface area contributed by atoms with Gasteiger partial charge in [-0.05, 0) is 6.42 Å². The van der Waals surface area contributed by atoms with Gasteiger partial charge in [0.15, 0.2) is 0 Å². The van der Waals surface area contributed by atoms with E-state index in [1.165, 1.54) is 0 Å². The monoisotopic (exact) mass is 100 g/mol. The second kappa shape index (κ2) is 9.33. The minimum atomic E-state index is 0. The maximum Gasteiger partial charge on any atom is 1.00 e. The topological polar surface area (TPSA) is 40.5 Å². The van der Waals surface area contributed by atoms with Crippen LogP contribution in [0.15, 0.2) is 0 Å². The molecule has 0 aliphatic rings. The van der Waals surface area contributed by atoms with Crippen LogP contribution in [0.4, 0.5) is 0 Å². The second-order valence-corrected chi connectivity index (χ2v) is 0.801. The van der Waals surface area contributed by atoms with Gasteiger partial charge in [-0.25, -0.2) is 0 Å². The second-order valence-electron chi connectivity index (χ2n) is 0.801. The summed E-state index contributed by atoms with van der Waals surface area (Å²) in [6, 6.07) is 0. The number of hydrogen-bond acceptors (Lipinski definition) is 2. The third-order valence-corrected chi connectivity index (χ3v) is 0.316. The number of aliphatic hydroxyl groups excluding tert-OH is 2. The number of hydrogen-bond donors (Lipinski definition) is 2. The van der Waals surface area contributed by atoms with Crippen LogP contribution in [0.2, 0.25) is 0 Å². The Labute approximate surface area is 61.0 Å². The zero-order chi connectivity index (χ0) is 4.12. The zero-order valence-corrected chi connectivity index (χ0v) is 6.02. The van der Waals surface area contributed by atoms with Crippen molar-refractivity contribution in [1.29, 1.82) is 0 Å². The molecule has 0 amide bonds. The summed E-state index contributed by atoms with van der Waals surface area (Å²) < 4.78 is 0. The van der Waals surface area contributed by atoms with Crippen LogP contribution in [0.5, 0.6) is 0 Å². The van der Waals surface area contributed by atoms with Gasteiger partial charge in [0.1, 0.15) is 0 Å². The third kappa shape index (κ3) is 8.87. The van der Waals surface area contributed by atoms with Crippen LogP contribution in [0.1, 0.15) is 7.85 Å². The molecule has 0 aliphatic carbocycles. The molecule has 0 aromatic rings. The van der Waals surface area contributed by atoms with Gasteiger partial charge >= 0.3 is 29.6 Å². The van der Waals surface area contributed by atoms with E-state index < -0.39 is 0 Å². The first-order valence-corrected chi connectivity index (χ1v) is 1.63. The summed E-state index contributed by atoms with van der Waals surface area (Å²) in [5.41, 5.74) is 0. The van der Waals surface area contributed by atoms with Crippen molar-refractivity contribution >= 4 is 0 Å². The number of aliphatic hydroxyl groups is 2. The minimum Gasteiger partial charge on any atom is -1.00 e. The van der Waals surface area contributed by atoms with Gasteiger partial charge in [-0.15, -0.1) is 0 Å². The van der Waals surface area contributed by atoms with E-state index in [-0.39, 0.29) is 44.2 Å². The van der Waals surface area contributed by atoms with E-state index in [0.29, 0.717) is 6.42 Å². The van der Waals surface area contributed by atoms with Gasteiger partial charge < -0.3 is 11.6 Å². The van der Waals surface area contributed by atoms with Crippen molar-refractivity contribution in [2.24, 2.45) is 0 Å². The van der Waals surface area contributed by atoms with Crippen molar-refractivity contribution in [3.8, 4) is 0 Å². The van der Waals surface area contributed by atoms with E-state index >= 15 is 0 Å². The van der Waals surface area contributed by atoms with Crippen LogP contribution in [0.25, 0.3) is 0 Å². The molecule has 0 spiro atoms. The van der Waals surface area contributed by atoms with Gasteiger partial charge in [-0.3, -0.25) is 0 Å². The quantitative estimate of drug-likeness (QED) is 0.353. The van der Waals surface area contributed by atoms with Crippen LogP contribution >= 0.6 is 0 Å². The molecule has 0 fully saturated rings. The number of rotatable bonds is 2. The predicted octanol–water partition coefficient (Wildman–Crippen LogP) is -3.52. The Balaban J connectivity index is -0.0000000800. The largest absolute Gasteiger partial charge is 1.00 e. The van der Waals surface area contributed by atoms with Gasteiger partial charge in [0, 0.05) is 13.2 Å². The van der Waals surface area contributed by atoms with Crippen LogP contribution in [-0.2, 0) is 0 Å². The minimum absolute atomic E-state index is 0. The standard InChI is InChI=1S/C3H8O2.Na.H/c4-2-1-3-5;;/h4-5H,1-3H2;;/q;+1;-1. The molecule has 2 N–H and O–H groups in total. The molecule has 2 nitrogen and oxygen atoms in total. The molecule has 0 aliphatic heterocycles. The molecule has 34 valence electrons. The Morgan fingerprint density at radius 1 is 1.17 bits per heavy atom. The summed E-state index contributed by atoms with van der Waals surface area (Å²) in [6.45, 7) is 0.188. The van der Waals surface area contributed by atoms with E-state index in [4.69, 9.17) is 10.2 Å². The van der Waals surface area contributed by atoms with E-state index in [1.54, 1.807) is 0 Å². The van der Waals surface area contributed by atoms with Crippen molar-refractivity contribution < 1.29 is 41.2 Å². The molecular formula is C3H9NaO2. The Morgan fingerprint density at radius 3 is 1.50 bits per heavy atom. The molecule has 0 atom stereocenters. The van der Waals surface area contributed by atoms with E-state index in [0.717, 1.165) is 0 Å². The first kappa shape index (κ1) is 10.0. The van der Waals surface area contributed by atoms with Gasteiger partial charge in [0.05, 0.1) is 0 Å². The zero-order valence-electron chi connectivity index (χ0n) is 5.02. The first-order valence-electron chi connectivity index (χ1n) is 1.63. The fourth-order valence-corrected chi connectivity index (χ4v) is 0.0707. The molecule has 0 aromatic carbocycles. The summed E-state index contributed by atoms with van der Waals surface area (Å²) in [5.74, 6) is 0. The summed E-state index contributed by atoms with van der Waals surface area (Å²) >= 11 is 0. The molecule has 0 rings (SSSR count). The maximum atomic E-state index is 7.91. The summed E-state index contributed by atoms with van der Waals surface area (Å²) in [6.07, 6.45) is 0.500. The molecule has 0 saturated heterocycles. The van der Waals surface area contributed by atoms with Crippen LogP contribution in [-0.4, -0.2) is 23.4 Å². The molecule has 0 radical (unpaired) electrons. The van der Waals surface area contributed by atoms with Crippen molar-refractivity contribution in [3.63, 3.8) is 0 Å². The molecule has 0 bridgehead atoms. The molecule has 0 unspecified atom stereocenters. The summed E-state index contributed by atoms with van der Waals surface area (Å²) in [4.78, 5) is 0. The Bertz CT molecular complexity index is 20.4. The van der Waals surface area contributed by atoms with Gasteiger partial charge in [-0.2, -0.15) is 0 Å². The predicted molar refractivity (Wildman–Crippen MR) is 19.9 cm³/mol. The smallest absolute Gasteiger partial charge is 1.00 e. The first-order chi connectivity index (χ1) is 2.41. The summed E-state index contributed by atoms with van der Waals surface area (Å²) in [7, 11) is 0. The molecule has 6 heavy (non-hydrogen) atoms. The van der Waals surface area contributed by atoms with Crippen LogP contribution < -0.4 is 29.6 Å². The Kier molecular flexibility index (Phi) is 15.6. The van der Waals surface area contributed by atoms with Crippen molar-refractivity contribution in [1.82, 2.24) is 0 Å². The normalized spacial score (nSPS) is 7.00. The average Bonchev–Trinajstić information content (AvgIpc) is 1.41. The van der Waals surface area contributed by atoms with Gasteiger partial charge in [0.25, 0.3) is 0 Å². The molecule has 0 aromatic heterocycles. The fraction of sp³-hybridized carbons (Fsp3) is 1.00.